The van der Waals surface area contributed by atoms with Crippen molar-refractivity contribution in [1.82, 2.24) is 0 Å². The first-order valence-electron chi connectivity index (χ1n) is 4.40. The van der Waals surface area contributed by atoms with Gasteiger partial charge in [-0.2, -0.15) is 0 Å². The van der Waals surface area contributed by atoms with Crippen LogP contribution in [0.3, 0.4) is 0 Å². The third-order valence-corrected chi connectivity index (χ3v) is 1.34. The Balaban J connectivity index is 0. The molecule has 0 aliphatic carbocycles. The fourth-order valence-corrected chi connectivity index (χ4v) is 0.609. The molecule has 0 aromatic rings. The van der Waals surface area contributed by atoms with Gasteiger partial charge in [0.25, 0.3) is 0 Å². The quantitative estimate of drug-likeness (QED) is 0.577. The monoisotopic (exact) mass is 219 g/mol. The van der Waals surface area contributed by atoms with Crippen molar-refractivity contribution >= 4 is 17.7 Å². The molecule has 0 aliphatic heterocycles. The first-order chi connectivity index (χ1) is 6.68. The molecule has 1 atom stereocenters. The minimum absolute atomic E-state index is 0.357. The van der Waals surface area contributed by atoms with E-state index in [-0.39, 0.29) is 0 Å². The fraction of sp³-hybridized carbons (Fsp3) is 0.667. The second-order valence-corrected chi connectivity index (χ2v) is 3.44. The molecule has 88 valence electrons. The van der Waals surface area contributed by atoms with Crippen LogP contribution in [0.1, 0.15) is 27.2 Å². The Morgan fingerprint density at radius 3 is 1.60 bits per heavy atom. The maximum atomic E-state index is 10.1. The number of rotatable bonds is 4. The van der Waals surface area contributed by atoms with E-state index in [4.69, 9.17) is 15.9 Å². The number of carbonyl (C=O) groups excluding carboxylic acids is 1. The summed E-state index contributed by atoms with van der Waals surface area (Å²) in [6, 6.07) is -0.690. The minimum Gasteiger partial charge on any atom is -0.480 e. The van der Waals surface area contributed by atoms with E-state index in [1.807, 2.05) is 13.8 Å². The summed E-state index contributed by atoms with van der Waals surface area (Å²) >= 11 is 0. The summed E-state index contributed by atoms with van der Waals surface area (Å²) in [7, 11) is 0. The van der Waals surface area contributed by atoms with Crippen LogP contribution in [0.25, 0.3) is 0 Å². The number of ketones is 1. The van der Waals surface area contributed by atoms with Crippen LogP contribution >= 0.6 is 0 Å². The van der Waals surface area contributed by atoms with Crippen LogP contribution in [-0.4, -0.2) is 34.0 Å². The number of hydrogen-bond acceptors (Lipinski definition) is 4. The molecular weight excluding hydrogens is 202 g/mol. The van der Waals surface area contributed by atoms with Crippen LogP contribution in [0, 0.1) is 5.92 Å². The zero-order valence-corrected chi connectivity index (χ0v) is 9.06. The van der Waals surface area contributed by atoms with E-state index in [1.54, 1.807) is 0 Å². The minimum atomic E-state index is -1.38. The van der Waals surface area contributed by atoms with Gasteiger partial charge >= 0.3 is 11.9 Å². The van der Waals surface area contributed by atoms with Crippen molar-refractivity contribution in [1.29, 1.82) is 0 Å². The Bertz CT molecular complexity index is 225. The molecular formula is C9H17NO5. The molecule has 0 rings (SSSR count). The lowest BCUT2D eigenvalue weighted by Gasteiger charge is -2.07. The highest BCUT2D eigenvalue weighted by atomic mass is 16.4. The molecule has 0 aliphatic rings. The molecule has 6 heteroatoms. The summed E-state index contributed by atoms with van der Waals surface area (Å²) in [5.74, 6) is -2.76. The van der Waals surface area contributed by atoms with Crippen molar-refractivity contribution in [3.63, 3.8) is 0 Å². The van der Waals surface area contributed by atoms with E-state index >= 15 is 0 Å². The van der Waals surface area contributed by atoms with Gasteiger partial charge in [0.2, 0.25) is 5.78 Å². The predicted molar refractivity (Wildman–Crippen MR) is 53.4 cm³/mol. The van der Waals surface area contributed by atoms with E-state index in [1.165, 1.54) is 0 Å². The van der Waals surface area contributed by atoms with E-state index in [9.17, 15) is 14.4 Å². The van der Waals surface area contributed by atoms with Crippen molar-refractivity contribution in [2.75, 3.05) is 0 Å². The van der Waals surface area contributed by atoms with Crippen LogP contribution in [0.5, 0.6) is 0 Å². The van der Waals surface area contributed by atoms with Gasteiger partial charge in [0.05, 0.1) is 0 Å². The molecule has 0 fully saturated rings. The summed E-state index contributed by atoms with van der Waals surface area (Å²) in [4.78, 5) is 29.0. The van der Waals surface area contributed by atoms with Gasteiger partial charge in [-0.3, -0.25) is 9.59 Å². The van der Waals surface area contributed by atoms with Crippen LogP contribution in [0.4, 0.5) is 0 Å². The number of carbonyl (C=O) groups is 3. The Morgan fingerprint density at radius 2 is 1.53 bits per heavy atom. The third-order valence-electron chi connectivity index (χ3n) is 1.34. The van der Waals surface area contributed by atoms with Crippen LogP contribution in [0.15, 0.2) is 0 Å². The van der Waals surface area contributed by atoms with E-state index in [2.05, 4.69) is 0 Å². The summed E-state index contributed by atoms with van der Waals surface area (Å²) in [6.45, 7) is 4.90. The maximum Gasteiger partial charge on any atom is 0.371 e. The van der Waals surface area contributed by atoms with Crippen molar-refractivity contribution in [3.05, 3.63) is 0 Å². The van der Waals surface area contributed by atoms with Gasteiger partial charge in [-0.1, -0.05) is 13.8 Å². The van der Waals surface area contributed by atoms with Gasteiger partial charge in [-0.25, -0.2) is 4.79 Å². The lowest BCUT2D eigenvalue weighted by atomic mass is 10.1. The van der Waals surface area contributed by atoms with Crippen molar-refractivity contribution in [3.8, 4) is 0 Å². The number of Topliss-reactive ketones (excluding diaryl/α,β-unsaturated/α-hetero) is 1. The molecule has 0 heterocycles. The summed E-state index contributed by atoms with van der Waals surface area (Å²) in [5.41, 5.74) is 5.22. The first-order valence-corrected chi connectivity index (χ1v) is 4.40. The van der Waals surface area contributed by atoms with Crippen molar-refractivity contribution < 1.29 is 24.6 Å². The molecule has 6 nitrogen and oxygen atoms in total. The SMILES string of the molecule is CC(=O)C(=O)O.CC(C)C[C@H](N)C(=O)O. The van der Waals surface area contributed by atoms with Crippen LogP contribution in [-0.2, 0) is 14.4 Å². The zero-order valence-electron chi connectivity index (χ0n) is 9.06. The summed E-state index contributed by atoms with van der Waals surface area (Å²) in [5, 5.41) is 15.9. The Labute approximate surface area is 88.1 Å². The van der Waals surface area contributed by atoms with Gasteiger partial charge in [0.1, 0.15) is 6.04 Å². The van der Waals surface area contributed by atoms with Crippen molar-refractivity contribution in [2.45, 2.75) is 33.2 Å². The van der Waals surface area contributed by atoms with Crippen molar-refractivity contribution in [2.24, 2.45) is 11.7 Å². The highest BCUT2D eigenvalue weighted by Gasteiger charge is 2.11. The van der Waals surface area contributed by atoms with E-state index in [0.29, 0.717) is 12.3 Å². The number of carboxylic acid groups (broad SMARTS) is 2. The Kier molecular flexibility index (Phi) is 8.46. The van der Waals surface area contributed by atoms with E-state index in [0.717, 1.165) is 6.92 Å². The summed E-state index contributed by atoms with van der Waals surface area (Å²) < 4.78 is 0. The largest absolute Gasteiger partial charge is 0.480 e. The highest BCUT2D eigenvalue weighted by Crippen LogP contribution is 2.01. The zero-order chi connectivity index (χ0) is 12.6. The molecule has 0 amide bonds. The fourth-order valence-electron chi connectivity index (χ4n) is 0.609. The second-order valence-electron chi connectivity index (χ2n) is 3.44. The third kappa shape index (κ3) is 12.6. The molecule has 0 unspecified atom stereocenters. The Morgan fingerprint density at radius 1 is 1.20 bits per heavy atom. The molecule has 0 saturated heterocycles. The number of aliphatic carboxylic acids is 2. The molecule has 0 bridgehead atoms. The summed E-state index contributed by atoms with van der Waals surface area (Å²) in [6.07, 6.45) is 0.551. The first kappa shape index (κ1) is 16.0. The molecule has 15 heavy (non-hydrogen) atoms. The molecule has 0 aromatic heterocycles. The smallest absolute Gasteiger partial charge is 0.371 e. The molecule has 0 radical (unpaired) electrons. The van der Waals surface area contributed by atoms with Gasteiger partial charge in [0, 0.05) is 6.92 Å². The van der Waals surface area contributed by atoms with Gasteiger partial charge in [-0.15, -0.1) is 0 Å². The lowest BCUT2D eigenvalue weighted by Crippen LogP contribution is -2.31. The van der Waals surface area contributed by atoms with Crippen LogP contribution in [0.2, 0.25) is 0 Å². The standard InChI is InChI=1S/C6H13NO2.C3H4O3/c1-4(2)3-5(7)6(8)9;1-2(4)3(5)6/h4-5H,3,7H2,1-2H3,(H,8,9);1H3,(H,5,6)/t5-;/m0./s1. The molecule has 4 N–H and O–H groups in total. The molecule has 0 aromatic carbocycles. The van der Waals surface area contributed by atoms with Gasteiger partial charge < -0.3 is 15.9 Å². The Hall–Kier alpha value is -1.43. The average Bonchev–Trinajstić information content (AvgIpc) is 2.03. The maximum absolute atomic E-state index is 10.1. The predicted octanol–water partition coefficient (Wildman–Crippen LogP) is 0.104. The number of carboxylic acids is 2. The topological polar surface area (TPSA) is 118 Å². The van der Waals surface area contributed by atoms with E-state index < -0.39 is 23.8 Å². The van der Waals surface area contributed by atoms with Gasteiger partial charge in [0.15, 0.2) is 0 Å². The molecule has 0 spiro atoms. The van der Waals surface area contributed by atoms with Gasteiger partial charge in [-0.05, 0) is 12.3 Å². The number of hydrogen-bond donors (Lipinski definition) is 3. The molecule has 0 saturated carbocycles. The highest BCUT2D eigenvalue weighted by molar-refractivity contribution is 6.31. The lowest BCUT2D eigenvalue weighted by molar-refractivity contribution is -0.148. The average molecular weight is 219 g/mol. The number of nitrogens with two attached hydrogens (primary N) is 1. The van der Waals surface area contributed by atoms with Crippen LogP contribution < -0.4 is 5.73 Å². The second kappa shape index (κ2) is 7.93. The normalized spacial score (nSPS) is 11.3.